The first-order valence-electron chi connectivity index (χ1n) is 8.59. The molecule has 3 nitrogen and oxygen atoms in total. The Hall–Kier alpha value is -0.860. The molecule has 0 heterocycles. The molecule has 0 amide bonds. The standard InChI is InChI=1S/C18H34O3/c1-18(2,3)16(19)14-12-10-8-6-4-5-7-9-11-13-15-17(20)21/h4-15H2,1-3H3,(H,20,21). The SMILES string of the molecule is CC(C)(C)C(=O)CCCCCCCCCCCCC(=O)O. The maximum Gasteiger partial charge on any atom is 0.303 e. The molecule has 0 spiro atoms. The van der Waals surface area contributed by atoms with Crippen LogP contribution in [0, 0.1) is 5.41 Å². The maximum absolute atomic E-state index is 11.7. The van der Waals surface area contributed by atoms with E-state index in [0.717, 1.165) is 32.1 Å². The van der Waals surface area contributed by atoms with Crippen molar-refractivity contribution in [2.24, 2.45) is 5.41 Å². The number of hydrogen-bond donors (Lipinski definition) is 1. The van der Waals surface area contributed by atoms with Gasteiger partial charge in [0, 0.05) is 18.3 Å². The number of carboxylic acids is 1. The second kappa shape index (κ2) is 11.8. The summed E-state index contributed by atoms with van der Waals surface area (Å²) in [5.41, 5.74) is -0.180. The fraction of sp³-hybridized carbons (Fsp3) is 0.889. The average Bonchev–Trinajstić information content (AvgIpc) is 2.38. The van der Waals surface area contributed by atoms with E-state index in [1.807, 2.05) is 20.8 Å². The summed E-state index contributed by atoms with van der Waals surface area (Å²) in [6.45, 7) is 5.98. The van der Waals surface area contributed by atoms with Gasteiger partial charge in [-0.1, -0.05) is 72.1 Å². The van der Waals surface area contributed by atoms with Crippen molar-refractivity contribution in [2.75, 3.05) is 0 Å². The summed E-state index contributed by atoms with van der Waals surface area (Å²) in [6, 6.07) is 0. The Balaban J connectivity index is 3.20. The number of rotatable bonds is 13. The van der Waals surface area contributed by atoms with Crippen molar-refractivity contribution in [3.05, 3.63) is 0 Å². The average molecular weight is 298 g/mol. The van der Waals surface area contributed by atoms with E-state index in [-0.39, 0.29) is 5.41 Å². The molecule has 0 bridgehead atoms. The van der Waals surface area contributed by atoms with E-state index in [1.54, 1.807) is 0 Å². The third-order valence-electron chi connectivity index (χ3n) is 3.88. The van der Waals surface area contributed by atoms with Crippen molar-refractivity contribution in [1.29, 1.82) is 0 Å². The molecule has 0 aromatic rings. The first-order chi connectivity index (χ1) is 9.84. The molecule has 0 radical (unpaired) electrons. The Morgan fingerprint density at radius 2 is 1.00 bits per heavy atom. The van der Waals surface area contributed by atoms with Gasteiger partial charge in [0.15, 0.2) is 0 Å². The van der Waals surface area contributed by atoms with Crippen LogP contribution in [0.1, 0.15) is 97.8 Å². The molecule has 1 N–H and O–H groups in total. The highest BCUT2D eigenvalue weighted by atomic mass is 16.4. The molecule has 0 rings (SSSR count). The number of Topliss-reactive ketones (excluding diaryl/α,β-unsaturated/α-hetero) is 1. The van der Waals surface area contributed by atoms with E-state index in [9.17, 15) is 9.59 Å². The number of carbonyl (C=O) groups excluding carboxylic acids is 1. The fourth-order valence-electron chi connectivity index (χ4n) is 2.35. The molecule has 0 fully saturated rings. The van der Waals surface area contributed by atoms with E-state index >= 15 is 0 Å². The summed E-state index contributed by atoms with van der Waals surface area (Å²) < 4.78 is 0. The van der Waals surface area contributed by atoms with Crippen LogP contribution < -0.4 is 0 Å². The molecular formula is C18H34O3. The Kier molecular flexibility index (Phi) is 11.3. The summed E-state index contributed by atoms with van der Waals surface area (Å²) in [5.74, 6) is -0.302. The van der Waals surface area contributed by atoms with E-state index in [4.69, 9.17) is 5.11 Å². The minimum absolute atomic E-state index is 0.180. The van der Waals surface area contributed by atoms with Crippen molar-refractivity contribution in [3.63, 3.8) is 0 Å². The minimum atomic E-state index is -0.681. The number of aliphatic carboxylic acids is 1. The molecule has 0 aromatic carbocycles. The zero-order valence-electron chi connectivity index (χ0n) is 14.2. The van der Waals surface area contributed by atoms with Crippen LogP contribution in [0.2, 0.25) is 0 Å². The molecule has 0 unspecified atom stereocenters. The molecule has 3 heteroatoms. The molecule has 0 saturated carbocycles. The maximum atomic E-state index is 11.7. The van der Waals surface area contributed by atoms with Gasteiger partial charge in [-0.05, 0) is 12.8 Å². The van der Waals surface area contributed by atoms with Gasteiger partial charge in [0.1, 0.15) is 5.78 Å². The van der Waals surface area contributed by atoms with Gasteiger partial charge < -0.3 is 5.11 Å². The van der Waals surface area contributed by atoms with Crippen LogP contribution in [-0.2, 0) is 9.59 Å². The van der Waals surface area contributed by atoms with Crippen LogP contribution in [-0.4, -0.2) is 16.9 Å². The Bertz CT molecular complexity index is 289. The zero-order valence-corrected chi connectivity index (χ0v) is 14.2. The van der Waals surface area contributed by atoms with Crippen LogP contribution in [0.5, 0.6) is 0 Å². The molecule has 0 aromatic heterocycles. The first-order valence-corrected chi connectivity index (χ1v) is 8.59. The van der Waals surface area contributed by atoms with Crippen LogP contribution in [0.4, 0.5) is 0 Å². The molecule has 0 aliphatic carbocycles. The van der Waals surface area contributed by atoms with Crippen molar-refractivity contribution >= 4 is 11.8 Å². The van der Waals surface area contributed by atoms with Crippen LogP contribution >= 0.6 is 0 Å². The van der Waals surface area contributed by atoms with Gasteiger partial charge >= 0.3 is 5.97 Å². The van der Waals surface area contributed by atoms with Gasteiger partial charge in [-0.15, -0.1) is 0 Å². The van der Waals surface area contributed by atoms with Crippen molar-refractivity contribution in [2.45, 2.75) is 97.8 Å². The molecule has 0 aliphatic heterocycles. The first kappa shape index (κ1) is 20.1. The van der Waals surface area contributed by atoms with Gasteiger partial charge in [-0.25, -0.2) is 0 Å². The molecule has 124 valence electrons. The smallest absolute Gasteiger partial charge is 0.303 e. The Morgan fingerprint density at radius 3 is 1.33 bits per heavy atom. The molecule has 0 atom stereocenters. The van der Waals surface area contributed by atoms with Crippen molar-refractivity contribution < 1.29 is 14.7 Å². The van der Waals surface area contributed by atoms with E-state index < -0.39 is 5.97 Å². The van der Waals surface area contributed by atoms with Gasteiger partial charge in [0.25, 0.3) is 0 Å². The second-order valence-corrected chi connectivity index (χ2v) is 7.10. The number of hydrogen-bond acceptors (Lipinski definition) is 2. The largest absolute Gasteiger partial charge is 0.481 e. The van der Waals surface area contributed by atoms with E-state index in [2.05, 4.69) is 0 Å². The number of unbranched alkanes of at least 4 members (excludes halogenated alkanes) is 9. The van der Waals surface area contributed by atoms with E-state index in [1.165, 1.54) is 38.5 Å². The monoisotopic (exact) mass is 298 g/mol. The highest BCUT2D eigenvalue weighted by Crippen LogP contribution is 2.19. The van der Waals surface area contributed by atoms with Gasteiger partial charge in [0.05, 0.1) is 0 Å². The van der Waals surface area contributed by atoms with E-state index in [0.29, 0.717) is 12.2 Å². The molecular weight excluding hydrogens is 264 g/mol. The normalized spacial score (nSPS) is 11.6. The molecule has 0 aliphatic rings. The fourth-order valence-corrected chi connectivity index (χ4v) is 2.35. The quantitative estimate of drug-likeness (QED) is 0.465. The zero-order chi connectivity index (χ0) is 16.1. The topological polar surface area (TPSA) is 54.4 Å². The lowest BCUT2D eigenvalue weighted by Gasteiger charge is -2.16. The summed E-state index contributed by atoms with van der Waals surface area (Å²) in [5, 5.41) is 8.51. The lowest BCUT2D eigenvalue weighted by molar-refractivity contribution is -0.137. The van der Waals surface area contributed by atoms with Gasteiger partial charge in [0.2, 0.25) is 0 Å². The Morgan fingerprint density at radius 1 is 0.667 bits per heavy atom. The number of carbonyl (C=O) groups is 2. The number of carboxylic acid groups (broad SMARTS) is 1. The van der Waals surface area contributed by atoms with Crippen LogP contribution in [0.3, 0.4) is 0 Å². The summed E-state index contributed by atoms with van der Waals surface area (Å²) in [4.78, 5) is 22.1. The van der Waals surface area contributed by atoms with Crippen LogP contribution in [0.25, 0.3) is 0 Å². The summed E-state index contributed by atoms with van der Waals surface area (Å²) in [7, 11) is 0. The highest BCUT2D eigenvalue weighted by Gasteiger charge is 2.19. The molecule has 0 saturated heterocycles. The third kappa shape index (κ3) is 13.9. The lowest BCUT2D eigenvalue weighted by Crippen LogP contribution is -2.19. The second-order valence-electron chi connectivity index (χ2n) is 7.10. The minimum Gasteiger partial charge on any atom is -0.481 e. The Labute approximate surface area is 130 Å². The van der Waals surface area contributed by atoms with Crippen LogP contribution in [0.15, 0.2) is 0 Å². The van der Waals surface area contributed by atoms with Crippen molar-refractivity contribution in [3.8, 4) is 0 Å². The summed E-state index contributed by atoms with van der Waals surface area (Å²) >= 11 is 0. The number of ketones is 1. The predicted molar refractivity (Wildman–Crippen MR) is 87.5 cm³/mol. The highest BCUT2D eigenvalue weighted by molar-refractivity contribution is 5.83. The van der Waals surface area contributed by atoms with Gasteiger partial charge in [-0.2, -0.15) is 0 Å². The van der Waals surface area contributed by atoms with Crippen molar-refractivity contribution in [1.82, 2.24) is 0 Å². The lowest BCUT2D eigenvalue weighted by atomic mass is 9.88. The predicted octanol–water partition coefficient (Wildman–Crippen LogP) is 5.37. The van der Waals surface area contributed by atoms with Gasteiger partial charge in [-0.3, -0.25) is 9.59 Å². The third-order valence-corrected chi connectivity index (χ3v) is 3.88. The summed E-state index contributed by atoms with van der Waals surface area (Å²) in [6.07, 6.45) is 12.5. The molecule has 21 heavy (non-hydrogen) atoms.